The molecule has 0 aliphatic carbocycles. The zero-order chi connectivity index (χ0) is 14.8. The molecule has 1 rings (SSSR count). The topological polar surface area (TPSA) is 128 Å². The van der Waals surface area contributed by atoms with Crippen molar-refractivity contribution >= 4 is 6.09 Å². The molecule has 0 aromatic rings. The summed E-state index contributed by atoms with van der Waals surface area (Å²) in [5.41, 5.74) is -0.736. The Bertz CT molecular complexity index is 317. The Morgan fingerprint density at radius 2 is 1.84 bits per heavy atom. The molecule has 1 heterocycles. The van der Waals surface area contributed by atoms with E-state index in [4.69, 9.17) is 14.6 Å². The van der Waals surface area contributed by atoms with E-state index in [0.717, 1.165) is 0 Å². The highest BCUT2D eigenvalue weighted by Crippen LogP contribution is 2.20. The van der Waals surface area contributed by atoms with Crippen molar-refractivity contribution < 1.29 is 34.7 Å². The average molecular weight is 279 g/mol. The Balaban J connectivity index is 2.70. The van der Waals surface area contributed by atoms with E-state index in [1.807, 2.05) is 0 Å². The van der Waals surface area contributed by atoms with Gasteiger partial charge in [-0.25, -0.2) is 4.79 Å². The quantitative estimate of drug-likeness (QED) is 0.408. The minimum atomic E-state index is -1.61. The van der Waals surface area contributed by atoms with Crippen LogP contribution in [0.5, 0.6) is 0 Å². The Morgan fingerprint density at radius 1 is 1.26 bits per heavy atom. The molecule has 0 aromatic carbocycles. The number of aliphatic hydroxyl groups is 4. The summed E-state index contributed by atoms with van der Waals surface area (Å²) in [5.74, 6) is 0. The summed E-state index contributed by atoms with van der Waals surface area (Å²) in [6, 6.07) is -1.20. The van der Waals surface area contributed by atoms with Gasteiger partial charge in [0.25, 0.3) is 0 Å². The van der Waals surface area contributed by atoms with Crippen LogP contribution in [0.3, 0.4) is 0 Å². The highest BCUT2D eigenvalue weighted by molar-refractivity contribution is 5.68. The lowest BCUT2D eigenvalue weighted by atomic mass is 9.96. The molecule has 1 aliphatic heterocycles. The summed E-state index contributed by atoms with van der Waals surface area (Å²) < 4.78 is 9.77. The molecule has 1 saturated heterocycles. The summed E-state index contributed by atoms with van der Waals surface area (Å²) in [5, 5.41) is 40.2. The van der Waals surface area contributed by atoms with Crippen LogP contribution in [0.2, 0.25) is 0 Å². The van der Waals surface area contributed by atoms with Crippen molar-refractivity contribution in [1.29, 1.82) is 0 Å². The minimum absolute atomic E-state index is 0.558. The fourth-order valence-corrected chi connectivity index (χ4v) is 1.72. The van der Waals surface area contributed by atoms with Gasteiger partial charge in [-0.2, -0.15) is 0 Å². The van der Waals surface area contributed by atoms with E-state index in [2.05, 4.69) is 5.32 Å². The molecule has 0 spiro atoms. The fraction of sp³-hybridized carbons (Fsp3) is 0.909. The number of hydrogen-bond acceptors (Lipinski definition) is 7. The summed E-state index contributed by atoms with van der Waals surface area (Å²) in [6.45, 7) is 4.43. The highest BCUT2D eigenvalue weighted by atomic mass is 16.6. The number of carbonyl (C=O) groups is 1. The van der Waals surface area contributed by atoms with E-state index < -0.39 is 48.9 Å². The van der Waals surface area contributed by atoms with Crippen LogP contribution in [-0.4, -0.2) is 69.4 Å². The third kappa shape index (κ3) is 4.29. The third-order valence-corrected chi connectivity index (χ3v) is 2.59. The van der Waals surface area contributed by atoms with Crippen LogP contribution in [0.15, 0.2) is 0 Å². The Labute approximate surface area is 110 Å². The van der Waals surface area contributed by atoms with Gasteiger partial charge in [0.2, 0.25) is 0 Å². The zero-order valence-electron chi connectivity index (χ0n) is 11.1. The van der Waals surface area contributed by atoms with Crippen molar-refractivity contribution in [3.05, 3.63) is 0 Å². The molecule has 0 radical (unpaired) electrons. The number of aliphatic hydroxyl groups excluding tert-OH is 4. The van der Waals surface area contributed by atoms with Crippen LogP contribution in [-0.2, 0) is 9.47 Å². The predicted molar refractivity (Wildman–Crippen MR) is 63.1 cm³/mol. The Morgan fingerprint density at radius 3 is 2.32 bits per heavy atom. The van der Waals surface area contributed by atoms with E-state index in [1.165, 1.54) is 0 Å². The number of alkyl carbamates (subject to hydrolysis) is 1. The van der Waals surface area contributed by atoms with Crippen molar-refractivity contribution in [3.8, 4) is 0 Å². The van der Waals surface area contributed by atoms with E-state index in [1.54, 1.807) is 20.8 Å². The maximum absolute atomic E-state index is 11.6. The molecule has 8 heteroatoms. The van der Waals surface area contributed by atoms with E-state index in [-0.39, 0.29) is 0 Å². The number of nitrogens with one attached hydrogen (secondary N) is 1. The van der Waals surface area contributed by atoms with Crippen LogP contribution in [0.1, 0.15) is 20.8 Å². The molecule has 0 saturated carbocycles. The van der Waals surface area contributed by atoms with Crippen molar-refractivity contribution in [1.82, 2.24) is 5.32 Å². The standard InChI is InChI=1S/C11H21NO7/c1-11(2,3)19-10(17)12-6-7(14)5(4-13)18-9(16)8(6)15/h5-9,13-16H,4H2,1-3H3,(H,12,17)/t5?,6?,7-,8?,9+/m0/s1. The van der Waals surface area contributed by atoms with Crippen LogP contribution < -0.4 is 5.32 Å². The smallest absolute Gasteiger partial charge is 0.408 e. The largest absolute Gasteiger partial charge is 0.444 e. The second-order valence-electron chi connectivity index (χ2n) is 5.40. The molecule has 0 bridgehead atoms. The van der Waals surface area contributed by atoms with Gasteiger partial charge in [-0.1, -0.05) is 0 Å². The van der Waals surface area contributed by atoms with Gasteiger partial charge in [-0.3, -0.25) is 0 Å². The van der Waals surface area contributed by atoms with Gasteiger partial charge < -0.3 is 35.2 Å². The summed E-state index contributed by atoms with van der Waals surface area (Å²) in [7, 11) is 0. The van der Waals surface area contributed by atoms with Crippen molar-refractivity contribution in [2.75, 3.05) is 6.61 Å². The molecule has 5 atom stereocenters. The maximum Gasteiger partial charge on any atom is 0.408 e. The second kappa shape index (κ2) is 6.02. The average Bonchev–Trinajstić information content (AvgIpc) is 2.27. The molecule has 3 unspecified atom stereocenters. The first-order valence-electron chi connectivity index (χ1n) is 5.95. The van der Waals surface area contributed by atoms with Crippen LogP contribution in [0, 0.1) is 0 Å². The summed E-state index contributed by atoms with van der Waals surface area (Å²) >= 11 is 0. The minimum Gasteiger partial charge on any atom is -0.444 e. The van der Waals surface area contributed by atoms with Gasteiger partial charge in [0, 0.05) is 0 Å². The van der Waals surface area contributed by atoms with Gasteiger partial charge in [-0.15, -0.1) is 0 Å². The molecule has 19 heavy (non-hydrogen) atoms. The SMILES string of the molecule is CC(C)(C)OC(=O)NC1C(O)[C@H](O)OC(CO)[C@@H]1O. The number of carbonyl (C=O) groups excluding carboxylic acids is 1. The number of ether oxygens (including phenoxy) is 2. The molecule has 112 valence electrons. The van der Waals surface area contributed by atoms with Gasteiger partial charge >= 0.3 is 6.09 Å². The molecular weight excluding hydrogens is 258 g/mol. The van der Waals surface area contributed by atoms with Gasteiger partial charge in [0.05, 0.1) is 12.6 Å². The van der Waals surface area contributed by atoms with Crippen LogP contribution in [0.4, 0.5) is 4.79 Å². The van der Waals surface area contributed by atoms with Gasteiger partial charge in [0.1, 0.15) is 23.9 Å². The zero-order valence-corrected chi connectivity index (χ0v) is 11.1. The van der Waals surface area contributed by atoms with Crippen molar-refractivity contribution in [3.63, 3.8) is 0 Å². The normalized spacial score (nSPS) is 35.8. The maximum atomic E-state index is 11.6. The highest BCUT2D eigenvalue weighted by Gasteiger charge is 2.44. The number of rotatable bonds is 2. The van der Waals surface area contributed by atoms with E-state index >= 15 is 0 Å². The van der Waals surface area contributed by atoms with Crippen LogP contribution >= 0.6 is 0 Å². The first-order chi connectivity index (χ1) is 8.65. The molecule has 1 aliphatic rings. The lowest BCUT2D eigenvalue weighted by Crippen LogP contribution is -2.64. The van der Waals surface area contributed by atoms with E-state index in [0.29, 0.717) is 0 Å². The molecule has 5 N–H and O–H groups in total. The van der Waals surface area contributed by atoms with Crippen molar-refractivity contribution in [2.24, 2.45) is 0 Å². The van der Waals surface area contributed by atoms with Crippen molar-refractivity contribution in [2.45, 2.75) is 57.0 Å². The van der Waals surface area contributed by atoms with E-state index in [9.17, 15) is 20.1 Å². The lowest BCUT2D eigenvalue weighted by Gasteiger charge is -2.40. The third-order valence-electron chi connectivity index (χ3n) is 2.59. The Kier molecular flexibility index (Phi) is 5.11. The molecule has 0 aromatic heterocycles. The first kappa shape index (κ1) is 16.1. The predicted octanol–water partition coefficient (Wildman–Crippen LogP) is -1.69. The second-order valence-corrected chi connectivity index (χ2v) is 5.40. The fourth-order valence-electron chi connectivity index (χ4n) is 1.72. The molecule has 1 fully saturated rings. The molecular formula is C11H21NO7. The number of hydrogen-bond donors (Lipinski definition) is 5. The van der Waals surface area contributed by atoms with Crippen LogP contribution in [0.25, 0.3) is 0 Å². The summed E-state index contributed by atoms with van der Waals surface area (Å²) in [4.78, 5) is 11.6. The lowest BCUT2D eigenvalue weighted by molar-refractivity contribution is -0.261. The Hall–Kier alpha value is -0.930. The summed E-state index contributed by atoms with van der Waals surface area (Å²) in [6.07, 6.45) is -6.44. The molecule has 1 amide bonds. The first-order valence-corrected chi connectivity index (χ1v) is 5.95. The molecule has 8 nitrogen and oxygen atoms in total. The monoisotopic (exact) mass is 279 g/mol. The number of amides is 1. The van der Waals surface area contributed by atoms with Gasteiger partial charge in [0.15, 0.2) is 6.29 Å². The van der Waals surface area contributed by atoms with Gasteiger partial charge in [-0.05, 0) is 20.8 Å².